The van der Waals surface area contributed by atoms with Crippen LogP contribution in [0, 0.1) is 11.3 Å². The normalized spacial score (nSPS) is 16.0. The number of hydrogen-bond donors (Lipinski definition) is 2. The molecule has 0 aliphatic carbocycles. The molecule has 2 aromatic heterocycles. The molecule has 1 saturated heterocycles. The second-order valence-corrected chi connectivity index (χ2v) is 19.4. The molecule has 3 N–H and O–H groups in total. The van der Waals surface area contributed by atoms with Crippen molar-refractivity contribution < 1.29 is 47.1 Å². The number of ketones is 1. The minimum Gasteiger partial charge on any atom is -0.497 e. The van der Waals surface area contributed by atoms with Crippen LogP contribution in [-0.4, -0.2) is 101 Å². The van der Waals surface area contributed by atoms with E-state index in [-0.39, 0.29) is 73.2 Å². The first-order valence-corrected chi connectivity index (χ1v) is 25.7. The van der Waals surface area contributed by atoms with Crippen molar-refractivity contribution in [1.82, 2.24) is 24.4 Å². The Morgan fingerprint density at radius 2 is 1.33 bits per heavy atom. The van der Waals surface area contributed by atoms with Gasteiger partial charge in [0.15, 0.2) is 25.1 Å². The summed E-state index contributed by atoms with van der Waals surface area (Å²) in [7, 11) is 1.42. The Kier molecular flexibility index (Phi) is 18.0. The quantitative estimate of drug-likeness (QED) is 0.0236. The molecule has 1 amide bonds. The summed E-state index contributed by atoms with van der Waals surface area (Å²) >= 11 is 0. The zero-order chi connectivity index (χ0) is 52.9. The van der Waals surface area contributed by atoms with Crippen LogP contribution in [0.25, 0.3) is 11.0 Å². The standard InChI is InChI=1S/C56H61N8O10P/c1-37(2)64(38(3)4)75(72-32-16-31-57)74-47-33-50(73-48(47)35-71-56(39-17-10-7-11-18-39,40-23-27-42(67-5)28-24-40)41-25-29-43(68-6)30-26-41)63-54-51(52(62-63)46(65)34-69-44-19-12-8-13-20-44)53(60-55(58)61-54)59-49(66)36-70-45-21-14-9-15-22-45/h7-15,17-30,37-38,47-48,50H,16,32-36H2,1-6H3,(H3,58,59,60,61,66)/t47-,48+,50-,75?/m0/s1. The van der Waals surface area contributed by atoms with E-state index < -0.39 is 50.9 Å². The molecule has 8 rings (SSSR count). The summed E-state index contributed by atoms with van der Waals surface area (Å²) in [5.41, 5.74) is 7.61. The topological polar surface area (TPSA) is 217 Å². The lowest BCUT2D eigenvalue weighted by atomic mass is 9.80. The first-order chi connectivity index (χ1) is 36.4. The van der Waals surface area contributed by atoms with Gasteiger partial charge in [-0.2, -0.15) is 20.3 Å². The summed E-state index contributed by atoms with van der Waals surface area (Å²) < 4.78 is 54.6. The van der Waals surface area contributed by atoms with Crippen molar-refractivity contribution in [2.75, 3.05) is 51.7 Å². The average molecular weight is 1040 g/mol. The fourth-order valence-electron chi connectivity index (χ4n) is 8.91. The number of para-hydroxylation sites is 2. The van der Waals surface area contributed by atoms with Gasteiger partial charge in [0.2, 0.25) is 11.7 Å². The Hall–Kier alpha value is -7.49. The lowest BCUT2D eigenvalue weighted by molar-refractivity contribution is -0.118. The number of nitrogens with one attached hydrogen (secondary N) is 1. The van der Waals surface area contributed by atoms with Crippen molar-refractivity contribution in [3.8, 4) is 29.1 Å². The number of rotatable bonds is 25. The number of nitrogens with zero attached hydrogens (tertiary/aromatic N) is 6. The molecule has 0 saturated carbocycles. The van der Waals surface area contributed by atoms with E-state index in [0.717, 1.165) is 16.7 Å². The van der Waals surface area contributed by atoms with Crippen LogP contribution in [-0.2, 0) is 28.9 Å². The molecule has 19 heteroatoms. The molecule has 0 bridgehead atoms. The summed E-state index contributed by atoms with van der Waals surface area (Å²) in [6, 6.07) is 45.2. The maximum atomic E-state index is 14.4. The van der Waals surface area contributed by atoms with Crippen molar-refractivity contribution in [2.24, 2.45) is 0 Å². The number of Topliss-reactive ketones (excluding diaryl/α,β-unsaturated/α-hetero) is 1. The number of nitrogen functional groups attached to an aromatic ring is 1. The number of ether oxygens (including phenoxy) is 6. The molecular formula is C56H61N8O10P. The van der Waals surface area contributed by atoms with Crippen molar-refractivity contribution in [1.29, 1.82) is 5.26 Å². The number of benzene rings is 5. The Bertz CT molecular complexity index is 2960. The van der Waals surface area contributed by atoms with Crippen molar-refractivity contribution in [2.45, 2.75) is 76.7 Å². The van der Waals surface area contributed by atoms with Gasteiger partial charge in [0.25, 0.3) is 14.4 Å². The zero-order valence-electron chi connectivity index (χ0n) is 42.7. The third-order valence-electron chi connectivity index (χ3n) is 12.3. The van der Waals surface area contributed by atoms with Crippen molar-refractivity contribution >= 4 is 43.0 Å². The first kappa shape index (κ1) is 53.8. The van der Waals surface area contributed by atoms with Gasteiger partial charge in [-0.05, 0) is 92.9 Å². The van der Waals surface area contributed by atoms with Gasteiger partial charge in [-0.15, -0.1) is 0 Å². The van der Waals surface area contributed by atoms with Crippen molar-refractivity contribution in [3.63, 3.8) is 0 Å². The second-order valence-electron chi connectivity index (χ2n) is 18.0. The summed E-state index contributed by atoms with van der Waals surface area (Å²) in [6.07, 6.45) is -2.28. The van der Waals surface area contributed by atoms with Gasteiger partial charge in [0.1, 0.15) is 46.2 Å². The Balaban J connectivity index is 1.23. The first-order valence-electron chi connectivity index (χ1n) is 24.6. The largest absolute Gasteiger partial charge is 0.497 e. The van der Waals surface area contributed by atoms with Crippen LogP contribution in [0.3, 0.4) is 0 Å². The molecule has 0 radical (unpaired) electrons. The maximum Gasteiger partial charge on any atom is 0.263 e. The highest BCUT2D eigenvalue weighted by molar-refractivity contribution is 7.44. The highest BCUT2D eigenvalue weighted by Gasteiger charge is 2.46. The third-order valence-corrected chi connectivity index (χ3v) is 14.5. The molecule has 0 spiro atoms. The van der Waals surface area contributed by atoms with E-state index in [0.29, 0.717) is 23.0 Å². The van der Waals surface area contributed by atoms with E-state index >= 15 is 0 Å². The van der Waals surface area contributed by atoms with Gasteiger partial charge in [0.05, 0.1) is 51.4 Å². The number of fused-ring (bicyclic) bond motifs is 1. The zero-order valence-corrected chi connectivity index (χ0v) is 43.6. The number of hydrogen-bond acceptors (Lipinski definition) is 16. The summed E-state index contributed by atoms with van der Waals surface area (Å²) in [5, 5.41) is 17.4. The molecule has 5 aromatic carbocycles. The number of aromatic nitrogens is 4. The van der Waals surface area contributed by atoms with Gasteiger partial charge in [-0.1, -0.05) is 91.0 Å². The summed E-state index contributed by atoms with van der Waals surface area (Å²) in [4.78, 5) is 37.0. The number of anilines is 2. The van der Waals surface area contributed by atoms with E-state index in [4.69, 9.17) is 48.3 Å². The summed E-state index contributed by atoms with van der Waals surface area (Å²) in [5.74, 6) is 0.885. The van der Waals surface area contributed by atoms with Crippen molar-refractivity contribution in [3.05, 3.63) is 162 Å². The monoisotopic (exact) mass is 1040 g/mol. The predicted octanol–water partition coefficient (Wildman–Crippen LogP) is 9.66. The van der Waals surface area contributed by atoms with E-state index in [1.165, 1.54) is 4.68 Å². The van der Waals surface area contributed by atoms with Crippen LogP contribution in [0.5, 0.6) is 23.0 Å². The highest BCUT2D eigenvalue weighted by Crippen LogP contribution is 2.51. The molecule has 4 atom stereocenters. The molecule has 75 heavy (non-hydrogen) atoms. The molecule has 390 valence electrons. The molecule has 18 nitrogen and oxygen atoms in total. The van der Waals surface area contributed by atoms with Crippen LogP contribution >= 0.6 is 8.53 Å². The van der Waals surface area contributed by atoms with Crippen LogP contribution in [0.1, 0.15) is 73.9 Å². The summed E-state index contributed by atoms with van der Waals surface area (Å²) in [6.45, 7) is 7.51. The smallest absolute Gasteiger partial charge is 0.263 e. The van der Waals surface area contributed by atoms with Crippen LogP contribution in [0.4, 0.5) is 11.8 Å². The Morgan fingerprint density at radius 1 is 0.787 bits per heavy atom. The number of nitriles is 1. The Morgan fingerprint density at radius 3 is 1.88 bits per heavy atom. The fourth-order valence-corrected chi connectivity index (χ4v) is 10.7. The lowest BCUT2D eigenvalue weighted by Crippen LogP contribution is -2.39. The number of amides is 1. The van der Waals surface area contributed by atoms with E-state index in [2.05, 4.69) is 53.7 Å². The third kappa shape index (κ3) is 12.7. The second kappa shape index (κ2) is 25.2. The van der Waals surface area contributed by atoms with Gasteiger partial charge in [0, 0.05) is 18.5 Å². The van der Waals surface area contributed by atoms with Gasteiger partial charge in [-0.25, -0.2) is 9.35 Å². The molecule has 1 unspecified atom stereocenters. The minimum atomic E-state index is -1.82. The van der Waals surface area contributed by atoms with Gasteiger partial charge in [-0.3, -0.25) is 9.59 Å². The average Bonchev–Trinajstić information content (AvgIpc) is 4.02. The fraction of sp³-hybridized carbons (Fsp3) is 0.321. The number of carbonyl (C=O) groups excluding carboxylic acids is 2. The lowest BCUT2D eigenvalue weighted by Gasteiger charge is -2.39. The number of nitrogens with two attached hydrogens (primary N) is 1. The van der Waals surface area contributed by atoms with E-state index in [1.807, 2.05) is 91.0 Å². The van der Waals surface area contributed by atoms with E-state index in [9.17, 15) is 14.9 Å². The number of methoxy groups -OCH3 is 2. The van der Waals surface area contributed by atoms with Crippen LogP contribution < -0.4 is 30.0 Å². The molecule has 1 aliphatic rings. The molecular weight excluding hydrogens is 976 g/mol. The SMILES string of the molecule is COc1ccc(C(OC[C@H]2O[C@H](n3nc(C(=O)COc4ccccc4)c4c(NC(=O)COc5ccccc5)nc(N)nc43)C[C@@H]2OP(OCCC#N)N(C(C)C)C(C)C)(c2ccccc2)c2ccc(OC)cc2)cc1. The molecule has 1 fully saturated rings. The predicted molar refractivity (Wildman–Crippen MR) is 283 cm³/mol. The number of carbonyl (C=O) groups is 2. The molecule has 3 heterocycles. The molecule has 7 aromatic rings. The van der Waals surface area contributed by atoms with Gasteiger partial charge >= 0.3 is 0 Å². The Labute approximate surface area is 437 Å². The van der Waals surface area contributed by atoms with Crippen LogP contribution in [0.15, 0.2) is 140 Å². The van der Waals surface area contributed by atoms with Gasteiger partial charge < -0.3 is 48.5 Å². The maximum absolute atomic E-state index is 14.4. The highest BCUT2D eigenvalue weighted by atomic mass is 31.2. The van der Waals surface area contributed by atoms with E-state index in [1.54, 1.807) is 62.8 Å². The van der Waals surface area contributed by atoms with Crippen LogP contribution in [0.2, 0.25) is 0 Å². The molecule has 1 aliphatic heterocycles. The minimum absolute atomic E-state index is 0.0185.